The molecule has 2 unspecified atom stereocenters. The SMILES string of the molecule is CN1[C@H]2CC[C@@H]1C(C(=O)O)C(O)C2.O=C(O)c1ccccc1. The van der Waals surface area contributed by atoms with Gasteiger partial charge in [-0.05, 0) is 38.4 Å². The van der Waals surface area contributed by atoms with Crippen molar-refractivity contribution in [1.29, 1.82) is 0 Å². The lowest BCUT2D eigenvalue weighted by Crippen LogP contribution is -2.51. The van der Waals surface area contributed by atoms with Gasteiger partial charge in [0.15, 0.2) is 0 Å². The van der Waals surface area contributed by atoms with Crippen molar-refractivity contribution in [2.75, 3.05) is 7.05 Å². The van der Waals surface area contributed by atoms with Crippen LogP contribution in [-0.2, 0) is 4.79 Å². The Kier molecular flexibility index (Phi) is 5.15. The van der Waals surface area contributed by atoms with Gasteiger partial charge in [-0.15, -0.1) is 0 Å². The van der Waals surface area contributed by atoms with E-state index in [0.717, 1.165) is 12.8 Å². The first-order chi connectivity index (χ1) is 10.4. The summed E-state index contributed by atoms with van der Waals surface area (Å²) in [5, 5.41) is 27.0. The van der Waals surface area contributed by atoms with E-state index in [0.29, 0.717) is 18.0 Å². The summed E-state index contributed by atoms with van der Waals surface area (Å²) in [4.78, 5) is 23.2. The lowest BCUT2D eigenvalue weighted by molar-refractivity contribution is -0.151. The number of aliphatic hydroxyl groups is 1. The predicted molar refractivity (Wildman–Crippen MR) is 79.7 cm³/mol. The van der Waals surface area contributed by atoms with Gasteiger partial charge in [-0.1, -0.05) is 18.2 Å². The number of aliphatic hydroxyl groups excluding tert-OH is 1. The number of nitrogens with zero attached hydrogens (tertiary/aromatic N) is 1. The fourth-order valence-corrected chi connectivity index (χ4v) is 3.35. The molecule has 2 bridgehead atoms. The molecule has 2 fully saturated rings. The van der Waals surface area contributed by atoms with E-state index < -0.39 is 24.0 Å². The number of piperidine rings is 1. The number of carboxylic acid groups (broad SMARTS) is 2. The summed E-state index contributed by atoms with van der Waals surface area (Å²) < 4.78 is 0. The first-order valence-corrected chi connectivity index (χ1v) is 7.33. The van der Waals surface area contributed by atoms with Crippen molar-refractivity contribution in [3.05, 3.63) is 35.9 Å². The quantitative estimate of drug-likeness (QED) is 0.762. The number of carboxylic acids is 2. The van der Waals surface area contributed by atoms with Crippen molar-refractivity contribution in [3.8, 4) is 0 Å². The lowest BCUT2D eigenvalue weighted by Gasteiger charge is -2.38. The van der Waals surface area contributed by atoms with Crippen LogP contribution in [0.5, 0.6) is 0 Å². The number of aromatic carboxylic acids is 1. The molecule has 0 radical (unpaired) electrons. The van der Waals surface area contributed by atoms with E-state index in [9.17, 15) is 14.7 Å². The van der Waals surface area contributed by atoms with Crippen LogP contribution in [0.4, 0.5) is 0 Å². The van der Waals surface area contributed by atoms with Gasteiger partial charge in [0.2, 0.25) is 0 Å². The summed E-state index contributed by atoms with van der Waals surface area (Å²) in [6.07, 6.45) is 1.91. The smallest absolute Gasteiger partial charge is 0.335 e. The molecule has 1 aromatic rings. The van der Waals surface area contributed by atoms with Crippen LogP contribution in [0, 0.1) is 5.92 Å². The summed E-state index contributed by atoms with van der Waals surface area (Å²) in [6.45, 7) is 0. The molecular weight excluding hydrogens is 286 g/mol. The molecule has 0 amide bonds. The molecule has 3 rings (SSSR count). The summed E-state index contributed by atoms with van der Waals surface area (Å²) in [7, 11) is 1.96. The highest BCUT2D eigenvalue weighted by Gasteiger charge is 2.48. The normalized spacial score (nSPS) is 30.3. The molecule has 0 aliphatic carbocycles. The van der Waals surface area contributed by atoms with Gasteiger partial charge in [0, 0.05) is 12.1 Å². The average Bonchev–Trinajstić information content (AvgIpc) is 2.73. The number of benzene rings is 1. The zero-order valence-electron chi connectivity index (χ0n) is 12.4. The topological polar surface area (TPSA) is 98.1 Å². The zero-order chi connectivity index (χ0) is 16.3. The van der Waals surface area contributed by atoms with Crippen LogP contribution in [0.15, 0.2) is 30.3 Å². The Labute approximate surface area is 129 Å². The average molecular weight is 307 g/mol. The molecule has 6 heteroatoms. The Hall–Kier alpha value is -1.92. The minimum atomic E-state index is -0.879. The maximum Gasteiger partial charge on any atom is 0.335 e. The van der Waals surface area contributed by atoms with Gasteiger partial charge >= 0.3 is 11.9 Å². The van der Waals surface area contributed by atoms with Crippen LogP contribution in [-0.4, -0.2) is 57.4 Å². The van der Waals surface area contributed by atoms with Crippen LogP contribution >= 0.6 is 0 Å². The molecule has 3 N–H and O–H groups in total. The minimum Gasteiger partial charge on any atom is -0.481 e. The molecule has 2 heterocycles. The standard InChI is InChI=1S/C9H15NO3.C7H6O2/c1-10-5-2-3-6(10)8(9(12)13)7(11)4-5;8-7(9)6-4-2-1-3-5-6/h5-8,11H,2-4H2,1H3,(H,12,13);1-5H,(H,8,9)/t5-,6+,7?,8?;/m0./s1. The Morgan fingerprint density at radius 3 is 2.27 bits per heavy atom. The molecule has 6 nitrogen and oxygen atoms in total. The van der Waals surface area contributed by atoms with E-state index in [4.69, 9.17) is 10.2 Å². The van der Waals surface area contributed by atoms with Crippen molar-refractivity contribution in [2.24, 2.45) is 5.92 Å². The van der Waals surface area contributed by atoms with Gasteiger partial charge in [0.1, 0.15) is 0 Å². The highest BCUT2D eigenvalue weighted by molar-refractivity contribution is 5.87. The number of hydrogen-bond donors (Lipinski definition) is 3. The zero-order valence-corrected chi connectivity index (χ0v) is 12.4. The fourth-order valence-electron chi connectivity index (χ4n) is 3.35. The summed E-state index contributed by atoms with van der Waals surface area (Å²) in [5.41, 5.74) is 0.331. The van der Waals surface area contributed by atoms with E-state index in [1.165, 1.54) is 0 Å². The van der Waals surface area contributed by atoms with E-state index in [-0.39, 0.29) is 6.04 Å². The molecule has 0 aromatic heterocycles. The number of aliphatic carboxylic acids is 1. The van der Waals surface area contributed by atoms with Gasteiger partial charge in [0.05, 0.1) is 17.6 Å². The van der Waals surface area contributed by atoms with Crippen LogP contribution in [0.1, 0.15) is 29.6 Å². The van der Waals surface area contributed by atoms with Gasteiger partial charge in [-0.3, -0.25) is 9.69 Å². The van der Waals surface area contributed by atoms with Gasteiger partial charge in [-0.25, -0.2) is 4.79 Å². The van der Waals surface area contributed by atoms with E-state index in [1.807, 2.05) is 7.05 Å². The molecule has 4 atom stereocenters. The van der Waals surface area contributed by atoms with Crippen molar-refractivity contribution >= 4 is 11.9 Å². The van der Waals surface area contributed by atoms with Crippen LogP contribution in [0.3, 0.4) is 0 Å². The first kappa shape index (κ1) is 16.5. The van der Waals surface area contributed by atoms with Gasteiger partial charge in [0.25, 0.3) is 0 Å². The van der Waals surface area contributed by atoms with Crippen molar-refractivity contribution in [1.82, 2.24) is 4.90 Å². The lowest BCUT2D eigenvalue weighted by atomic mass is 9.88. The molecule has 0 saturated carbocycles. The molecule has 2 saturated heterocycles. The maximum atomic E-state index is 10.9. The number of fused-ring (bicyclic) bond motifs is 2. The third-order valence-corrected chi connectivity index (χ3v) is 4.54. The second-order valence-electron chi connectivity index (χ2n) is 5.80. The number of hydrogen-bond acceptors (Lipinski definition) is 4. The van der Waals surface area contributed by atoms with Gasteiger partial charge < -0.3 is 15.3 Å². The third kappa shape index (κ3) is 3.45. The fraction of sp³-hybridized carbons (Fsp3) is 0.500. The molecule has 0 spiro atoms. The Bertz CT molecular complexity index is 533. The second-order valence-corrected chi connectivity index (χ2v) is 5.80. The van der Waals surface area contributed by atoms with E-state index in [2.05, 4.69) is 4.90 Å². The third-order valence-electron chi connectivity index (χ3n) is 4.54. The minimum absolute atomic E-state index is 0.0475. The molecular formula is C16H21NO5. The Balaban J connectivity index is 0.000000172. The number of rotatable bonds is 2. The van der Waals surface area contributed by atoms with Crippen LogP contribution in [0.2, 0.25) is 0 Å². The molecule has 2 aliphatic rings. The van der Waals surface area contributed by atoms with Crippen LogP contribution in [0.25, 0.3) is 0 Å². The molecule has 1 aromatic carbocycles. The van der Waals surface area contributed by atoms with Crippen molar-refractivity contribution < 1.29 is 24.9 Å². The monoisotopic (exact) mass is 307 g/mol. The summed E-state index contributed by atoms with van der Waals surface area (Å²) in [5.74, 6) is -2.32. The molecule has 120 valence electrons. The Morgan fingerprint density at radius 1 is 1.14 bits per heavy atom. The van der Waals surface area contributed by atoms with E-state index >= 15 is 0 Å². The molecule has 22 heavy (non-hydrogen) atoms. The Morgan fingerprint density at radius 2 is 1.77 bits per heavy atom. The summed E-state index contributed by atoms with van der Waals surface area (Å²) in [6, 6.07) is 8.74. The van der Waals surface area contributed by atoms with Crippen molar-refractivity contribution in [2.45, 2.75) is 37.5 Å². The highest BCUT2D eigenvalue weighted by Crippen LogP contribution is 2.38. The largest absolute Gasteiger partial charge is 0.481 e. The predicted octanol–water partition coefficient (Wildman–Crippen LogP) is 1.30. The number of carbonyl (C=O) groups is 2. The second kappa shape index (κ2) is 6.89. The first-order valence-electron chi connectivity index (χ1n) is 7.33. The maximum absolute atomic E-state index is 10.9. The summed E-state index contributed by atoms with van der Waals surface area (Å²) >= 11 is 0. The molecule has 2 aliphatic heterocycles. The van der Waals surface area contributed by atoms with Crippen LogP contribution < -0.4 is 0 Å². The van der Waals surface area contributed by atoms with Gasteiger partial charge in [-0.2, -0.15) is 0 Å². The highest BCUT2D eigenvalue weighted by atomic mass is 16.4. The van der Waals surface area contributed by atoms with E-state index in [1.54, 1.807) is 30.3 Å². The van der Waals surface area contributed by atoms with Crippen molar-refractivity contribution in [3.63, 3.8) is 0 Å².